The number of benzene rings is 2. The lowest BCUT2D eigenvalue weighted by Gasteiger charge is -2.15. The van der Waals surface area contributed by atoms with Crippen LogP contribution in [0.4, 0.5) is 0 Å². The molecule has 0 fully saturated rings. The number of hydrogen-bond acceptors (Lipinski definition) is 4. The highest BCUT2D eigenvalue weighted by molar-refractivity contribution is 5.96. The van der Waals surface area contributed by atoms with Crippen molar-refractivity contribution in [3.05, 3.63) is 47.0 Å². The second-order valence-electron chi connectivity index (χ2n) is 5.58. The zero-order valence-electron chi connectivity index (χ0n) is 13.4. The molecule has 2 aromatic rings. The lowest BCUT2D eigenvalue weighted by molar-refractivity contribution is 0.0522. The van der Waals surface area contributed by atoms with Crippen LogP contribution in [0.1, 0.15) is 34.8 Å². The number of carbonyl (C=O) groups excluding carboxylic acids is 1. The van der Waals surface area contributed by atoms with Crippen LogP contribution in [-0.2, 0) is 17.6 Å². The molecule has 0 saturated carbocycles. The highest BCUT2D eigenvalue weighted by Crippen LogP contribution is 2.40. The van der Waals surface area contributed by atoms with Gasteiger partial charge < -0.3 is 14.6 Å². The number of aromatic hydroxyl groups is 1. The van der Waals surface area contributed by atoms with Crippen molar-refractivity contribution in [1.82, 2.24) is 0 Å². The second kappa shape index (κ2) is 6.32. The van der Waals surface area contributed by atoms with E-state index in [-0.39, 0.29) is 5.75 Å². The lowest BCUT2D eigenvalue weighted by Crippen LogP contribution is -2.09. The van der Waals surface area contributed by atoms with Crippen molar-refractivity contribution in [1.29, 1.82) is 0 Å². The number of phenolic OH excluding ortho intramolecular Hbond substituents is 1. The normalized spacial score (nSPS) is 12.8. The smallest absolute Gasteiger partial charge is 0.342 e. The summed E-state index contributed by atoms with van der Waals surface area (Å²) < 4.78 is 10.3. The Morgan fingerprint density at radius 1 is 1.17 bits per heavy atom. The largest absolute Gasteiger partial charge is 0.507 e. The fourth-order valence-electron chi connectivity index (χ4n) is 3.23. The first kappa shape index (κ1) is 15.4. The number of carbonyl (C=O) groups is 1. The quantitative estimate of drug-likeness (QED) is 0.874. The summed E-state index contributed by atoms with van der Waals surface area (Å²) in [6.07, 6.45) is 2.68. The standard InChI is InChI=1S/C19H20O4/c1-3-23-19(21)18-15-6-4-5-14(15)16(11-17(18)20)12-7-9-13(22-2)10-8-12/h7-11,20H,3-6H2,1-2H3. The van der Waals surface area contributed by atoms with Crippen molar-refractivity contribution >= 4 is 5.97 Å². The minimum atomic E-state index is -0.440. The van der Waals surface area contributed by atoms with Crippen LogP contribution in [0.25, 0.3) is 11.1 Å². The molecule has 0 unspecified atom stereocenters. The molecule has 3 rings (SSSR count). The molecule has 0 aromatic heterocycles. The number of fused-ring (bicyclic) bond motifs is 1. The Balaban J connectivity index is 2.11. The average molecular weight is 312 g/mol. The third kappa shape index (κ3) is 2.77. The summed E-state index contributed by atoms with van der Waals surface area (Å²) in [6, 6.07) is 9.41. The van der Waals surface area contributed by atoms with E-state index >= 15 is 0 Å². The Morgan fingerprint density at radius 2 is 1.87 bits per heavy atom. The Bertz CT molecular complexity index is 732. The molecule has 1 N–H and O–H groups in total. The zero-order valence-corrected chi connectivity index (χ0v) is 13.4. The molecule has 2 aromatic carbocycles. The Morgan fingerprint density at radius 3 is 2.52 bits per heavy atom. The molecular formula is C19H20O4. The van der Waals surface area contributed by atoms with Gasteiger partial charge in [-0.1, -0.05) is 12.1 Å². The van der Waals surface area contributed by atoms with Crippen LogP contribution >= 0.6 is 0 Å². The van der Waals surface area contributed by atoms with Gasteiger partial charge in [-0.2, -0.15) is 0 Å². The fraction of sp³-hybridized carbons (Fsp3) is 0.316. The average Bonchev–Trinajstić information content (AvgIpc) is 3.03. The van der Waals surface area contributed by atoms with Gasteiger partial charge >= 0.3 is 5.97 Å². The van der Waals surface area contributed by atoms with Crippen molar-refractivity contribution in [2.75, 3.05) is 13.7 Å². The summed E-state index contributed by atoms with van der Waals surface area (Å²) in [4.78, 5) is 12.2. The third-order valence-electron chi connectivity index (χ3n) is 4.26. The van der Waals surface area contributed by atoms with Gasteiger partial charge in [0.05, 0.1) is 13.7 Å². The van der Waals surface area contributed by atoms with Crippen LogP contribution in [0.15, 0.2) is 30.3 Å². The lowest BCUT2D eigenvalue weighted by atomic mass is 9.92. The number of esters is 1. The predicted octanol–water partition coefficient (Wildman–Crippen LogP) is 3.73. The molecule has 1 aliphatic rings. The maximum absolute atomic E-state index is 12.2. The van der Waals surface area contributed by atoms with Gasteiger partial charge in [0.15, 0.2) is 0 Å². The Kier molecular flexibility index (Phi) is 4.24. The molecule has 4 heteroatoms. The fourth-order valence-corrected chi connectivity index (χ4v) is 3.23. The van der Waals surface area contributed by atoms with Gasteiger partial charge in [0.1, 0.15) is 17.1 Å². The van der Waals surface area contributed by atoms with Crippen LogP contribution in [0.3, 0.4) is 0 Å². The van der Waals surface area contributed by atoms with E-state index in [1.165, 1.54) is 0 Å². The van der Waals surface area contributed by atoms with E-state index in [9.17, 15) is 9.90 Å². The van der Waals surface area contributed by atoms with E-state index in [0.717, 1.165) is 47.3 Å². The second-order valence-corrected chi connectivity index (χ2v) is 5.58. The van der Waals surface area contributed by atoms with Crippen LogP contribution in [0.5, 0.6) is 11.5 Å². The summed E-state index contributed by atoms with van der Waals surface area (Å²) in [5.74, 6) is 0.345. The van der Waals surface area contributed by atoms with Crippen molar-refractivity contribution in [2.24, 2.45) is 0 Å². The molecule has 0 heterocycles. The van der Waals surface area contributed by atoms with Crippen LogP contribution in [0, 0.1) is 0 Å². The minimum absolute atomic E-state index is 0.00471. The summed E-state index contributed by atoms with van der Waals surface area (Å²) >= 11 is 0. The van der Waals surface area contributed by atoms with E-state index in [1.54, 1.807) is 20.1 Å². The Labute approximate surface area is 135 Å². The molecule has 120 valence electrons. The van der Waals surface area contributed by atoms with E-state index in [0.29, 0.717) is 12.2 Å². The Hall–Kier alpha value is -2.49. The molecule has 23 heavy (non-hydrogen) atoms. The predicted molar refractivity (Wildman–Crippen MR) is 88.1 cm³/mol. The van der Waals surface area contributed by atoms with Crippen LogP contribution in [-0.4, -0.2) is 24.8 Å². The van der Waals surface area contributed by atoms with Gasteiger partial charge in [-0.15, -0.1) is 0 Å². The van der Waals surface area contributed by atoms with E-state index < -0.39 is 5.97 Å². The van der Waals surface area contributed by atoms with Crippen LogP contribution < -0.4 is 4.74 Å². The summed E-state index contributed by atoms with van der Waals surface area (Å²) in [7, 11) is 1.63. The zero-order chi connectivity index (χ0) is 16.4. The molecular weight excluding hydrogens is 292 g/mol. The third-order valence-corrected chi connectivity index (χ3v) is 4.26. The molecule has 1 aliphatic carbocycles. The topological polar surface area (TPSA) is 55.8 Å². The van der Waals surface area contributed by atoms with Crippen molar-refractivity contribution in [2.45, 2.75) is 26.2 Å². The van der Waals surface area contributed by atoms with Gasteiger partial charge in [-0.3, -0.25) is 0 Å². The molecule has 0 spiro atoms. The number of methoxy groups -OCH3 is 1. The van der Waals surface area contributed by atoms with Crippen molar-refractivity contribution in [3.63, 3.8) is 0 Å². The van der Waals surface area contributed by atoms with E-state index in [1.807, 2.05) is 24.3 Å². The molecule has 0 amide bonds. The van der Waals surface area contributed by atoms with Crippen molar-refractivity contribution in [3.8, 4) is 22.6 Å². The summed E-state index contributed by atoms with van der Waals surface area (Å²) in [5.41, 5.74) is 4.38. The first-order chi connectivity index (χ1) is 11.2. The van der Waals surface area contributed by atoms with Crippen LogP contribution in [0.2, 0.25) is 0 Å². The summed E-state index contributed by atoms with van der Waals surface area (Å²) in [5, 5.41) is 10.4. The number of phenols is 1. The molecule has 0 bridgehead atoms. The molecule has 0 atom stereocenters. The highest BCUT2D eigenvalue weighted by atomic mass is 16.5. The minimum Gasteiger partial charge on any atom is -0.507 e. The summed E-state index contributed by atoms with van der Waals surface area (Å²) in [6.45, 7) is 2.06. The van der Waals surface area contributed by atoms with E-state index in [4.69, 9.17) is 9.47 Å². The van der Waals surface area contributed by atoms with Gasteiger partial charge in [0.25, 0.3) is 0 Å². The van der Waals surface area contributed by atoms with Gasteiger partial charge in [0.2, 0.25) is 0 Å². The molecule has 0 radical (unpaired) electrons. The monoisotopic (exact) mass is 312 g/mol. The van der Waals surface area contributed by atoms with E-state index in [2.05, 4.69) is 0 Å². The SMILES string of the molecule is CCOC(=O)c1c(O)cc(-c2ccc(OC)cc2)c2c1CCC2. The number of rotatable bonds is 4. The first-order valence-electron chi connectivity index (χ1n) is 7.85. The number of ether oxygens (including phenoxy) is 2. The maximum Gasteiger partial charge on any atom is 0.342 e. The van der Waals surface area contributed by atoms with Crippen molar-refractivity contribution < 1.29 is 19.4 Å². The maximum atomic E-state index is 12.2. The van der Waals surface area contributed by atoms with Gasteiger partial charge in [-0.05, 0) is 66.6 Å². The highest BCUT2D eigenvalue weighted by Gasteiger charge is 2.27. The molecule has 4 nitrogen and oxygen atoms in total. The van der Waals surface area contributed by atoms with Gasteiger partial charge in [-0.25, -0.2) is 4.79 Å². The molecule has 0 aliphatic heterocycles. The van der Waals surface area contributed by atoms with Gasteiger partial charge in [0, 0.05) is 0 Å². The number of hydrogen-bond donors (Lipinski definition) is 1. The first-order valence-corrected chi connectivity index (χ1v) is 7.85. The molecule has 0 saturated heterocycles.